The summed E-state index contributed by atoms with van der Waals surface area (Å²) in [7, 11) is -4.11. The van der Waals surface area contributed by atoms with Gasteiger partial charge < -0.3 is 10.2 Å². The molecule has 0 heterocycles. The summed E-state index contributed by atoms with van der Waals surface area (Å²) in [5.41, 5.74) is 3.21. The van der Waals surface area contributed by atoms with E-state index in [0.29, 0.717) is 12.1 Å². The molecule has 4 aromatic carbocycles. The lowest BCUT2D eigenvalue weighted by atomic mass is 10.0. The van der Waals surface area contributed by atoms with E-state index in [1.54, 1.807) is 35.2 Å². The Balaban J connectivity index is 1.54. The maximum atomic E-state index is 14.5. The average Bonchev–Trinajstić information content (AvgIpc) is 3.59. The maximum absolute atomic E-state index is 14.5. The number of aryl methyl sites for hydroxylation is 1. The lowest BCUT2D eigenvalue weighted by Crippen LogP contribution is -2.54. The van der Waals surface area contributed by atoms with Crippen LogP contribution < -0.4 is 9.62 Å². The molecule has 8 heteroatoms. The largest absolute Gasteiger partial charge is 0.352 e. The van der Waals surface area contributed by atoms with E-state index in [4.69, 9.17) is 0 Å². The maximum Gasteiger partial charge on any atom is 0.264 e. The monoisotopic (exact) mass is 623 g/mol. The third-order valence-corrected chi connectivity index (χ3v) is 10.2. The summed E-state index contributed by atoms with van der Waals surface area (Å²) in [5.74, 6) is -0.680. The zero-order chi connectivity index (χ0) is 31.6. The fourth-order valence-electron chi connectivity index (χ4n) is 5.85. The van der Waals surface area contributed by atoms with Gasteiger partial charge in [0.2, 0.25) is 11.8 Å². The van der Waals surface area contributed by atoms with Gasteiger partial charge in [-0.25, -0.2) is 8.42 Å². The highest BCUT2D eigenvalue weighted by molar-refractivity contribution is 7.92. The molecule has 234 valence electrons. The molecule has 1 saturated carbocycles. The van der Waals surface area contributed by atoms with Crippen LogP contribution >= 0.6 is 0 Å². The number of carbonyl (C=O) groups is 2. The lowest BCUT2D eigenvalue weighted by Gasteiger charge is -2.34. The topological polar surface area (TPSA) is 86.8 Å². The lowest BCUT2D eigenvalue weighted by molar-refractivity contribution is -0.140. The average molecular weight is 624 g/mol. The van der Waals surface area contributed by atoms with Crippen LogP contribution in [0.2, 0.25) is 0 Å². The zero-order valence-electron chi connectivity index (χ0n) is 25.7. The number of nitrogens with zero attached hydrogens (tertiary/aromatic N) is 2. The number of sulfonamides is 1. The fourth-order valence-corrected chi connectivity index (χ4v) is 7.28. The van der Waals surface area contributed by atoms with Gasteiger partial charge in [0.25, 0.3) is 10.0 Å². The summed E-state index contributed by atoms with van der Waals surface area (Å²) in [6.07, 6.45) is 5.04. The molecule has 7 nitrogen and oxygen atoms in total. The first kappa shape index (κ1) is 32.0. The number of carbonyl (C=O) groups excluding carboxylic acids is 2. The Morgan fingerprint density at radius 2 is 1.31 bits per heavy atom. The van der Waals surface area contributed by atoms with Crippen molar-refractivity contribution in [1.82, 2.24) is 10.2 Å². The van der Waals surface area contributed by atoms with Crippen molar-refractivity contribution in [2.24, 2.45) is 0 Å². The van der Waals surface area contributed by atoms with Gasteiger partial charge in [-0.15, -0.1) is 0 Å². The molecule has 0 radical (unpaired) electrons. The molecular weight excluding hydrogens is 582 g/mol. The van der Waals surface area contributed by atoms with E-state index in [-0.39, 0.29) is 23.4 Å². The summed E-state index contributed by atoms with van der Waals surface area (Å²) in [4.78, 5) is 30.2. The van der Waals surface area contributed by atoms with Gasteiger partial charge in [-0.3, -0.25) is 13.9 Å². The number of anilines is 1. The van der Waals surface area contributed by atoms with Crippen LogP contribution in [0.3, 0.4) is 0 Å². The highest BCUT2D eigenvalue weighted by Crippen LogP contribution is 2.26. The van der Waals surface area contributed by atoms with E-state index in [2.05, 4.69) is 5.32 Å². The Bertz CT molecular complexity index is 1640. The number of hydrogen-bond acceptors (Lipinski definition) is 4. The predicted octanol–water partition coefficient (Wildman–Crippen LogP) is 6.14. The Labute approximate surface area is 266 Å². The van der Waals surface area contributed by atoms with E-state index in [0.717, 1.165) is 53.1 Å². The Morgan fingerprint density at radius 3 is 1.89 bits per heavy atom. The highest BCUT2D eigenvalue weighted by atomic mass is 32.2. The molecule has 1 aliphatic rings. The Hall–Kier alpha value is -4.43. The van der Waals surface area contributed by atoms with Gasteiger partial charge in [0, 0.05) is 19.0 Å². The van der Waals surface area contributed by atoms with Crippen molar-refractivity contribution in [3.05, 3.63) is 132 Å². The number of amides is 2. The summed E-state index contributed by atoms with van der Waals surface area (Å²) in [6.45, 7) is 1.72. The van der Waals surface area contributed by atoms with Crippen molar-refractivity contribution in [2.45, 2.75) is 69.0 Å². The van der Waals surface area contributed by atoms with E-state index >= 15 is 0 Å². The molecular formula is C37H41N3O4S. The van der Waals surface area contributed by atoms with Crippen LogP contribution in [-0.4, -0.2) is 43.8 Å². The smallest absolute Gasteiger partial charge is 0.264 e. The first-order chi connectivity index (χ1) is 21.8. The van der Waals surface area contributed by atoms with E-state index in [1.807, 2.05) is 79.7 Å². The minimum absolute atomic E-state index is 0.0662. The second kappa shape index (κ2) is 15.0. The van der Waals surface area contributed by atoms with Crippen LogP contribution in [0.4, 0.5) is 5.69 Å². The molecule has 1 aliphatic carbocycles. The molecule has 0 unspecified atom stereocenters. The third-order valence-electron chi connectivity index (χ3n) is 8.41. The van der Waals surface area contributed by atoms with Crippen LogP contribution in [0.5, 0.6) is 0 Å². The normalized spacial score (nSPS) is 14.1. The summed E-state index contributed by atoms with van der Waals surface area (Å²) in [5, 5.41) is 3.21. The second-order valence-corrected chi connectivity index (χ2v) is 13.4. The molecule has 45 heavy (non-hydrogen) atoms. The standard InChI is InChI=1S/C37H41N3O4S/c1-2-29-22-24-33(25-23-29)40(45(43,44)34-20-10-5-11-21-34)28-36(41)39(27-31-16-8-4-9-17-31)35(26-30-14-6-3-7-15-30)37(42)38-32-18-12-13-19-32/h3-11,14-17,20-25,32,35H,2,12-13,18-19,26-28H2,1H3,(H,38,42)/t35-/m1/s1. The van der Waals surface area contributed by atoms with E-state index < -0.39 is 28.5 Å². The number of rotatable bonds is 13. The Morgan fingerprint density at radius 1 is 0.756 bits per heavy atom. The van der Waals surface area contributed by atoms with E-state index in [9.17, 15) is 18.0 Å². The summed E-state index contributed by atoms with van der Waals surface area (Å²) in [6, 6.07) is 33.8. The van der Waals surface area contributed by atoms with Crippen molar-refractivity contribution >= 4 is 27.5 Å². The molecule has 4 aromatic rings. The van der Waals surface area contributed by atoms with Crippen LogP contribution in [-0.2, 0) is 39.0 Å². The van der Waals surface area contributed by atoms with E-state index in [1.165, 1.54) is 12.1 Å². The van der Waals surface area contributed by atoms with Crippen LogP contribution in [0, 0.1) is 0 Å². The predicted molar refractivity (Wildman–Crippen MR) is 178 cm³/mol. The quantitative estimate of drug-likeness (QED) is 0.194. The molecule has 0 bridgehead atoms. The third kappa shape index (κ3) is 8.19. The van der Waals surface area contributed by atoms with Crippen molar-refractivity contribution in [1.29, 1.82) is 0 Å². The second-order valence-electron chi connectivity index (χ2n) is 11.5. The van der Waals surface area contributed by atoms with Crippen molar-refractivity contribution in [3.8, 4) is 0 Å². The molecule has 0 saturated heterocycles. The van der Waals surface area contributed by atoms with Crippen molar-refractivity contribution in [2.75, 3.05) is 10.8 Å². The molecule has 5 rings (SSSR count). The molecule has 0 aliphatic heterocycles. The Kier molecular flexibility index (Phi) is 10.7. The molecule has 2 amide bonds. The van der Waals surface area contributed by atoms with Gasteiger partial charge in [0.15, 0.2) is 0 Å². The molecule has 0 aromatic heterocycles. The van der Waals surface area contributed by atoms with Crippen LogP contribution in [0.1, 0.15) is 49.3 Å². The summed E-state index contributed by atoms with van der Waals surface area (Å²) >= 11 is 0. The molecule has 1 atom stereocenters. The van der Waals surface area contributed by atoms with Gasteiger partial charge >= 0.3 is 0 Å². The van der Waals surface area contributed by atoms with Gasteiger partial charge in [-0.05, 0) is 60.2 Å². The number of hydrogen-bond donors (Lipinski definition) is 1. The van der Waals surface area contributed by atoms with Crippen molar-refractivity contribution < 1.29 is 18.0 Å². The SMILES string of the molecule is CCc1ccc(N(CC(=O)N(Cc2ccccc2)[C@H](Cc2ccccc2)C(=O)NC2CCCC2)S(=O)(=O)c2ccccc2)cc1. The molecule has 0 spiro atoms. The first-order valence-corrected chi connectivity index (χ1v) is 17.1. The van der Waals surface area contributed by atoms with Gasteiger partial charge in [0.05, 0.1) is 10.6 Å². The highest BCUT2D eigenvalue weighted by Gasteiger charge is 2.35. The minimum atomic E-state index is -4.11. The minimum Gasteiger partial charge on any atom is -0.352 e. The fraction of sp³-hybridized carbons (Fsp3) is 0.297. The molecule has 1 N–H and O–H groups in total. The zero-order valence-corrected chi connectivity index (χ0v) is 26.5. The van der Waals surface area contributed by atoms with Crippen molar-refractivity contribution in [3.63, 3.8) is 0 Å². The number of benzene rings is 4. The first-order valence-electron chi connectivity index (χ1n) is 15.7. The molecule has 1 fully saturated rings. The summed E-state index contributed by atoms with van der Waals surface area (Å²) < 4.78 is 29.4. The van der Waals surface area contributed by atoms with Crippen LogP contribution in [0.25, 0.3) is 0 Å². The van der Waals surface area contributed by atoms with Gasteiger partial charge in [-0.1, -0.05) is 111 Å². The van der Waals surface area contributed by atoms with Gasteiger partial charge in [0.1, 0.15) is 12.6 Å². The van der Waals surface area contributed by atoms with Gasteiger partial charge in [-0.2, -0.15) is 0 Å². The van der Waals surface area contributed by atoms with Crippen LogP contribution in [0.15, 0.2) is 120 Å². The number of nitrogens with one attached hydrogen (secondary N) is 1.